The summed E-state index contributed by atoms with van der Waals surface area (Å²) in [7, 11) is 0. The van der Waals surface area contributed by atoms with Gasteiger partial charge in [-0.2, -0.15) is 0 Å². The molecule has 1 fully saturated rings. The highest BCUT2D eigenvalue weighted by Crippen LogP contribution is 2.30. The van der Waals surface area contributed by atoms with Gasteiger partial charge < -0.3 is 10.2 Å². The quantitative estimate of drug-likeness (QED) is 0.552. The lowest BCUT2D eigenvalue weighted by Gasteiger charge is -2.25. The highest BCUT2D eigenvalue weighted by molar-refractivity contribution is 7.14. The average Bonchev–Trinajstić information content (AvgIpc) is 3.26. The number of thiazole rings is 1. The number of carbonyl (C=O) groups is 1. The van der Waals surface area contributed by atoms with Crippen LogP contribution in [0.1, 0.15) is 44.1 Å². The van der Waals surface area contributed by atoms with Gasteiger partial charge in [0.2, 0.25) is 5.91 Å². The van der Waals surface area contributed by atoms with Crippen molar-refractivity contribution >= 4 is 28.1 Å². The fourth-order valence-electron chi connectivity index (χ4n) is 3.87. The first-order valence-corrected chi connectivity index (χ1v) is 11.3. The molecule has 1 saturated heterocycles. The lowest BCUT2D eigenvalue weighted by molar-refractivity contribution is -0.117. The first-order chi connectivity index (χ1) is 14.2. The molecular weight excluding hydrogens is 378 g/mol. The summed E-state index contributed by atoms with van der Waals surface area (Å²) in [6.07, 6.45) is 4.58. The number of nitrogens with one attached hydrogen (secondary N) is 1. The van der Waals surface area contributed by atoms with Crippen LogP contribution < -0.4 is 10.2 Å². The molecule has 3 aromatic rings. The predicted molar refractivity (Wildman–Crippen MR) is 122 cm³/mol. The normalized spacial score (nSPS) is 15.1. The number of amides is 1. The Hall–Kier alpha value is -2.66. The van der Waals surface area contributed by atoms with Crippen LogP contribution in [0.4, 0.5) is 10.8 Å². The molecule has 4 rings (SSSR count). The van der Waals surface area contributed by atoms with Crippen molar-refractivity contribution in [3.05, 3.63) is 65.5 Å². The molecule has 0 bridgehead atoms. The Morgan fingerprint density at radius 3 is 2.66 bits per heavy atom. The van der Waals surface area contributed by atoms with Gasteiger partial charge in [0, 0.05) is 29.7 Å². The van der Waals surface area contributed by atoms with Gasteiger partial charge in [-0.3, -0.25) is 4.79 Å². The molecule has 29 heavy (non-hydrogen) atoms. The van der Waals surface area contributed by atoms with Crippen LogP contribution in [-0.4, -0.2) is 24.0 Å². The molecule has 0 radical (unpaired) electrons. The van der Waals surface area contributed by atoms with Crippen LogP contribution in [0.2, 0.25) is 0 Å². The average molecular weight is 406 g/mol. The van der Waals surface area contributed by atoms with Crippen molar-refractivity contribution in [1.29, 1.82) is 0 Å². The molecule has 2 aromatic carbocycles. The van der Waals surface area contributed by atoms with Crippen LogP contribution in [0.5, 0.6) is 0 Å². The zero-order valence-corrected chi connectivity index (χ0v) is 17.6. The molecule has 1 aliphatic heterocycles. The maximum atomic E-state index is 12.9. The van der Waals surface area contributed by atoms with Crippen molar-refractivity contribution in [2.45, 2.75) is 38.5 Å². The minimum absolute atomic E-state index is 0.0307. The van der Waals surface area contributed by atoms with Gasteiger partial charge in [-0.25, -0.2) is 4.98 Å². The topological polar surface area (TPSA) is 45.2 Å². The third-order valence-corrected chi connectivity index (χ3v) is 6.37. The zero-order valence-electron chi connectivity index (χ0n) is 16.8. The first kappa shape index (κ1) is 19.6. The van der Waals surface area contributed by atoms with E-state index in [0.717, 1.165) is 47.2 Å². The Morgan fingerprint density at radius 1 is 1.10 bits per heavy atom. The number of carbonyl (C=O) groups excluding carboxylic acids is 1. The molecule has 1 amide bonds. The third kappa shape index (κ3) is 4.67. The van der Waals surface area contributed by atoms with E-state index in [9.17, 15) is 4.79 Å². The summed E-state index contributed by atoms with van der Waals surface area (Å²) < 4.78 is 0. The lowest BCUT2D eigenvalue weighted by Crippen LogP contribution is -2.29. The maximum Gasteiger partial charge on any atom is 0.231 e. The van der Waals surface area contributed by atoms with Gasteiger partial charge in [0.05, 0.1) is 11.6 Å². The van der Waals surface area contributed by atoms with Gasteiger partial charge in [0.1, 0.15) is 0 Å². The summed E-state index contributed by atoms with van der Waals surface area (Å²) >= 11 is 1.70. The lowest BCUT2D eigenvalue weighted by atomic mass is 9.95. The van der Waals surface area contributed by atoms with E-state index in [0.29, 0.717) is 0 Å². The van der Waals surface area contributed by atoms with Crippen LogP contribution in [-0.2, 0) is 4.79 Å². The number of aromatic nitrogens is 1. The van der Waals surface area contributed by atoms with Crippen molar-refractivity contribution in [2.24, 2.45) is 0 Å². The zero-order chi connectivity index (χ0) is 20.1. The van der Waals surface area contributed by atoms with Crippen molar-refractivity contribution < 1.29 is 4.79 Å². The molecule has 150 valence electrons. The molecule has 1 N–H and O–H groups in total. The molecule has 2 heterocycles. The number of nitrogens with zero attached hydrogens (tertiary/aromatic N) is 2. The van der Waals surface area contributed by atoms with Gasteiger partial charge in [0.15, 0.2) is 5.13 Å². The molecule has 1 unspecified atom stereocenters. The largest absolute Gasteiger partial charge is 0.348 e. The SMILES string of the molecule is CCC(C(=O)Nc1cccc(-c2csc(N3CCCCC3)n2)c1)c1ccccc1. The van der Waals surface area contributed by atoms with Gasteiger partial charge in [-0.15, -0.1) is 11.3 Å². The van der Waals surface area contributed by atoms with Crippen LogP contribution in [0.3, 0.4) is 0 Å². The Kier molecular flexibility index (Phi) is 6.25. The molecule has 5 heteroatoms. The number of anilines is 2. The van der Waals surface area contributed by atoms with Crippen molar-refractivity contribution in [2.75, 3.05) is 23.3 Å². The Balaban J connectivity index is 1.49. The van der Waals surface area contributed by atoms with Crippen molar-refractivity contribution in [1.82, 2.24) is 4.98 Å². The third-order valence-electron chi connectivity index (χ3n) is 5.47. The Morgan fingerprint density at radius 2 is 1.90 bits per heavy atom. The smallest absolute Gasteiger partial charge is 0.231 e. The summed E-state index contributed by atoms with van der Waals surface area (Å²) in [5.41, 5.74) is 3.88. The highest BCUT2D eigenvalue weighted by Gasteiger charge is 2.19. The Bertz CT molecular complexity index is 948. The van der Waals surface area contributed by atoms with E-state index in [-0.39, 0.29) is 11.8 Å². The van der Waals surface area contributed by atoms with E-state index < -0.39 is 0 Å². The molecule has 1 atom stereocenters. The van der Waals surface area contributed by atoms with Gasteiger partial charge in [-0.05, 0) is 43.4 Å². The standard InChI is InChI=1S/C24H27N3OS/c1-2-21(18-10-5-3-6-11-18)23(28)25-20-13-9-12-19(16-20)22-17-29-24(26-22)27-14-7-4-8-15-27/h3,5-6,9-13,16-17,21H,2,4,7-8,14-15H2,1H3,(H,25,28). The summed E-state index contributed by atoms with van der Waals surface area (Å²) in [5.74, 6) is -0.118. The van der Waals surface area contributed by atoms with Gasteiger partial charge in [0.25, 0.3) is 0 Å². The molecule has 1 aromatic heterocycles. The van der Waals surface area contributed by atoms with Crippen LogP contribution in [0.25, 0.3) is 11.3 Å². The second kappa shape index (κ2) is 9.23. The number of benzene rings is 2. The second-order valence-corrected chi connectivity index (χ2v) is 8.34. The van der Waals surface area contributed by atoms with E-state index in [1.807, 2.05) is 55.5 Å². The van der Waals surface area contributed by atoms with Crippen LogP contribution in [0.15, 0.2) is 60.0 Å². The molecule has 0 spiro atoms. The van der Waals surface area contributed by atoms with Gasteiger partial charge >= 0.3 is 0 Å². The predicted octanol–water partition coefficient (Wildman–Crippen LogP) is 5.93. The fraction of sp³-hybridized carbons (Fsp3) is 0.333. The van der Waals surface area contributed by atoms with Crippen molar-refractivity contribution in [3.63, 3.8) is 0 Å². The van der Waals surface area contributed by atoms with Crippen LogP contribution >= 0.6 is 11.3 Å². The summed E-state index contributed by atoms with van der Waals surface area (Å²) in [4.78, 5) is 20.1. The number of hydrogen-bond donors (Lipinski definition) is 1. The van der Waals surface area contributed by atoms with Crippen molar-refractivity contribution in [3.8, 4) is 11.3 Å². The van der Waals surface area contributed by atoms with E-state index >= 15 is 0 Å². The minimum Gasteiger partial charge on any atom is -0.348 e. The molecular formula is C24H27N3OS. The van der Waals surface area contributed by atoms with E-state index in [4.69, 9.17) is 4.98 Å². The fourth-order valence-corrected chi connectivity index (χ4v) is 4.76. The number of hydrogen-bond acceptors (Lipinski definition) is 4. The van der Waals surface area contributed by atoms with E-state index in [1.54, 1.807) is 11.3 Å². The summed E-state index contributed by atoms with van der Waals surface area (Å²) in [6.45, 7) is 4.24. The first-order valence-electron chi connectivity index (χ1n) is 10.4. The highest BCUT2D eigenvalue weighted by atomic mass is 32.1. The Labute approximate surface area is 176 Å². The molecule has 4 nitrogen and oxygen atoms in total. The van der Waals surface area contributed by atoms with E-state index in [2.05, 4.69) is 21.7 Å². The van der Waals surface area contributed by atoms with Gasteiger partial charge in [-0.1, -0.05) is 49.4 Å². The van der Waals surface area contributed by atoms with E-state index in [1.165, 1.54) is 19.3 Å². The van der Waals surface area contributed by atoms with Crippen LogP contribution in [0, 0.1) is 0 Å². The minimum atomic E-state index is -0.148. The monoisotopic (exact) mass is 405 g/mol. The number of rotatable bonds is 6. The maximum absolute atomic E-state index is 12.9. The molecule has 1 aliphatic rings. The number of piperidine rings is 1. The summed E-state index contributed by atoms with van der Waals surface area (Å²) in [6, 6.07) is 18.0. The molecule has 0 aliphatic carbocycles. The summed E-state index contributed by atoms with van der Waals surface area (Å²) in [5, 5.41) is 6.31. The second-order valence-electron chi connectivity index (χ2n) is 7.50. The molecule has 0 saturated carbocycles.